The van der Waals surface area contributed by atoms with E-state index in [4.69, 9.17) is 13.9 Å². The lowest BCUT2D eigenvalue weighted by Gasteiger charge is -2.60. The fourth-order valence-corrected chi connectivity index (χ4v) is 7.73. The molecule has 202 valence electrons. The first kappa shape index (κ1) is 25.0. The Balaban J connectivity index is 1.45. The van der Waals surface area contributed by atoms with Crippen molar-refractivity contribution in [2.24, 2.45) is 11.8 Å². The Morgan fingerprint density at radius 1 is 1.34 bits per heavy atom. The first-order valence-electron chi connectivity index (χ1n) is 13.7. The van der Waals surface area contributed by atoms with E-state index in [1.54, 1.807) is 24.7 Å². The number of carbonyl (C=O) groups is 2. The van der Waals surface area contributed by atoms with Gasteiger partial charge in [0, 0.05) is 53.8 Å². The highest BCUT2D eigenvalue weighted by Crippen LogP contribution is 2.65. The number of phenolic OH excluding ortho intramolecular Hbond substituents is 1. The van der Waals surface area contributed by atoms with Crippen molar-refractivity contribution in [3.8, 4) is 17.2 Å². The summed E-state index contributed by atoms with van der Waals surface area (Å²) >= 11 is 0. The van der Waals surface area contributed by atoms with Crippen LogP contribution in [-0.2, 0) is 21.4 Å². The molecule has 2 aliphatic heterocycles. The molecule has 1 N–H and O–H groups in total. The largest absolute Gasteiger partial charge is 0.508 e. The van der Waals surface area contributed by atoms with Crippen molar-refractivity contribution >= 4 is 18.0 Å². The molecular formula is C30H36N2O6. The van der Waals surface area contributed by atoms with E-state index >= 15 is 0 Å². The van der Waals surface area contributed by atoms with Crippen LogP contribution in [0.2, 0.25) is 0 Å². The summed E-state index contributed by atoms with van der Waals surface area (Å²) in [7, 11) is 2.17. The van der Waals surface area contributed by atoms with E-state index in [-0.39, 0.29) is 46.9 Å². The van der Waals surface area contributed by atoms with E-state index in [1.807, 2.05) is 11.0 Å². The molecule has 8 nitrogen and oxygen atoms in total. The van der Waals surface area contributed by atoms with E-state index in [0.29, 0.717) is 18.2 Å². The molecule has 1 aromatic carbocycles. The van der Waals surface area contributed by atoms with Crippen LogP contribution in [0.1, 0.15) is 56.7 Å². The summed E-state index contributed by atoms with van der Waals surface area (Å²) in [6, 6.07) is 3.49. The molecular weight excluding hydrogens is 484 g/mol. The molecule has 2 bridgehead atoms. The summed E-state index contributed by atoms with van der Waals surface area (Å²) in [4.78, 5) is 30.1. The van der Waals surface area contributed by atoms with E-state index in [0.717, 1.165) is 48.9 Å². The number of likely N-dealkylation sites (N-methyl/N-ethyl adjacent to an activating group) is 1. The number of phenols is 1. The van der Waals surface area contributed by atoms with Crippen molar-refractivity contribution < 1.29 is 28.6 Å². The van der Waals surface area contributed by atoms with Crippen LogP contribution in [0.15, 0.2) is 35.2 Å². The lowest BCUT2D eigenvalue weighted by Crippen LogP contribution is -2.68. The normalized spacial score (nSPS) is 29.3. The average molecular weight is 521 g/mol. The second kappa shape index (κ2) is 9.19. The number of furan rings is 1. The Bertz CT molecular complexity index is 1280. The number of esters is 1. The number of benzene rings is 1. The third-order valence-electron chi connectivity index (χ3n) is 9.11. The molecule has 0 radical (unpaired) electrons. The van der Waals surface area contributed by atoms with Gasteiger partial charge in [-0.1, -0.05) is 13.8 Å². The second-order valence-electron chi connectivity index (χ2n) is 11.8. The fraction of sp³-hybridized carbons (Fsp3) is 0.533. The molecule has 38 heavy (non-hydrogen) atoms. The summed E-state index contributed by atoms with van der Waals surface area (Å²) < 4.78 is 17.6. The van der Waals surface area contributed by atoms with Gasteiger partial charge in [-0.2, -0.15) is 0 Å². The number of piperidine rings is 1. The SMILES string of the molecule is CC(=O)Oc1cc(O)c2c3c1O[C@@H]1[C@@H](N(CC(C)C)C(=O)C=Cc4ccoc4)CC[C@H]4[C@@H](C2)N(C)CC[C@]314. The van der Waals surface area contributed by atoms with Gasteiger partial charge in [0.1, 0.15) is 11.9 Å². The van der Waals surface area contributed by atoms with Crippen LogP contribution in [0.4, 0.5) is 0 Å². The molecule has 1 saturated carbocycles. The zero-order valence-electron chi connectivity index (χ0n) is 22.5. The molecule has 3 heterocycles. The van der Waals surface area contributed by atoms with Crippen LogP contribution in [0.5, 0.6) is 17.2 Å². The number of rotatable bonds is 6. The molecule has 6 rings (SSSR count). The molecule has 4 aliphatic rings. The molecule has 8 heteroatoms. The third-order valence-corrected chi connectivity index (χ3v) is 9.11. The smallest absolute Gasteiger partial charge is 0.308 e. The number of hydrogen-bond acceptors (Lipinski definition) is 7. The van der Waals surface area contributed by atoms with Crippen LogP contribution in [0.3, 0.4) is 0 Å². The number of likely N-dealkylation sites (tertiary alicyclic amines) is 1. The maximum Gasteiger partial charge on any atom is 0.308 e. The third kappa shape index (κ3) is 3.75. The summed E-state index contributed by atoms with van der Waals surface area (Å²) in [5.41, 5.74) is 2.39. The lowest BCUT2D eigenvalue weighted by atomic mass is 9.51. The maximum atomic E-state index is 13.7. The van der Waals surface area contributed by atoms with Crippen LogP contribution in [-0.4, -0.2) is 65.1 Å². The van der Waals surface area contributed by atoms with Gasteiger partial charge in [0.15, 0.2) is 11.5 Å². The van der Waals surface area contributed by atoms with Gasteiger partial charge in [0.2, 0.25) is 5.91 Å². The van der Waals surface area contributed by atoms with Gasteiger partial charge in [0.25, 0.3) is 0 Å². The van der Waals surface area contributed by atoms with Crippen molar-refractivity contribution in [2.75, 3.05) is 20.1 Å². The molecule has 1 amide bonds. The lowest BCUT2D eigenvalue weighted by molar-refractivity contribution is -0.138. The highest BCUT2D eigenvalue weighted by atomic mass is 16.6. The van der Waals surface area contributed by atoms with Crippen molar-refractivity contribution in [1.82, 2.24) is 9.80 Å². The standard InChI is InChI=1S/C30H36N2O6/c1-17(2)15-32(26(35)8-5-19-9-12-36-16-19)22-7-6-21-23-13-20-24(34)14-25(37-18(3)33)28-27(20)30(21,29(22)38-28)10-11-31(23)4/h5,8-9,12,14,16-17,21-23,29,34H,6-7,10-11,13,15H2,1-4H3/t21-,22-,23+,29+,30-/m0/s1. The van der Waals surface area contributed by atoms with Gasteiger partial charge in [-0.3, -0.25) is 9.59 Å². The number of carbonyl (C=O) groups excluding carboxylic acids is 2. The van der Waals surface area contributed by atoms with Crippen molar-refractivity contribution in [3.63, 3.8) is 0 Å². The molecule has 2 fully saturated rings. The van der Waals surface area contributed by atoms with Crippen LogP contribution in [0, 0.1) is 11.8 Å². The topological polar surface area (TPSA) is 92.5 Å². The zero-order valence-corrected chi connectivity index (χ0v) is 22.5. The van der Waals surface area contributed by atoms with Crippen molar-refractivity contribution in [2.45, 2.75) is 70.1 Å². The second-order valence-corrected chi connectivity index (χ2v) is 11.8. The van der Waals surface area contributed by atoms with E-state index in [9.17, 15) is 14.7 Å². The molecule has 1 spiro atoms. The highest BCUT2D eigenvalue weighted by Gasteiger charge is 2.67. The Hall–Kier alpha value is -3.26. The number of nitrogens with zero attached hydrogens (tertiary/aromatic N) is 2. The Kier molecular flexibility index (Phi) is 6.05. The molecule has 2 aromatic rings. The van der Waals surface area contributed by atoms with Gasteiger partial charge in [-0.25, -0.2) is 0 Å². The molecule has 5 atom stereocenters. The zero-order chi connectivity index (χ0) is 26.8. The number of ether oxygens (including phenoxy) is 2. The van der Waals surface area contributed by atoms with E-state index in [1.165, 1.54) is 13.0 Å². The van der Waals surface area contributed by atoms with Gasteiger partial charge in [-0.15, -0.1) is 0 Å². The maximum absolute atomic E-state index is 13.7. The Labute approximate surface area is 223 Å². The number of amides is 1. The van der Waals surface area contributed by atoms with Crippen molar-refractivity contribution in [3.05, 3.63) is 47.4 Å². The van der Waals surface area contributed by atoms with Gasteiger partial charge in [0.05, 0.1) is 18.6 Å². The van der Waals surface area contributed by atoms with Gasteiger partial charge >= 0.3 is 5.97 Å². The molecule has 2 aliphatic carbocycles. The molecule has 1 aromatic heterocycles. The predicted octanol–water partition coefficient (Wildman–Crippen LogP) is 4.15. The summed E-state index contributed by atoms with van der Waals surface area (Å²) in [6.45, 7) is 7.11. The van der Waals surface area contributed by atoms with Gasteiger partial charge in [-0.05, 0) is 63.3 Å². The molecule has 1 saturated heterocycles. The monoisotopic (exact) mass is 520 g/mol. The first-order chi connectivity index (χ1) is 18.2. The van der Waals surface area contributed by atoms with Gasteiger partial charge < -0.3 is 28.8 Å². The minimum Gasteiger partial charge on any atom is -0.508 e. The minimum absolute atomic E-state index is 0.0529. The minimum atomic E-state index is -0.456. The molecule has 0 unspecified atom stereocenters. The Morgan fingerprint density at radius 3 is 2.87 bits per heavy atom. The quantitative estimate of drug-likeness (QED) is 0.348. The summed E-state index contributed by atoms with van der Waals surface area (Å²) in [5.74, 6) is 1.10. The highest BCUT2D eigenvalue weighted by molar-refractivity contribution is 5.92. The van der Waals surface area contributed by atoms with Crippen LogP contribution >= 0.6 is 0 Å². The predicted molar refractivity (Wildman–Crippen MR) is 141 cm³/mol. The summed E-state index contributed by atoms with van der Waals surface area (Å²) in [5, 5.41) is 11.1. The van der Waals surface area contributed by atoms with E-state index in [2.05, 4.69) is 25.8 Å². The number of aromatic hydroxyl groups is 1. The first-order valence-corrected chi connectivity index (χ1v) is 13.7. The fourth-order valence-electron chi connectivity index (χ4n) is 7.73. The van der Waals surface area contributed by atoms with E-state index < -0.39 is 5.97 Å². The number of hydrogen-bond donors (Lipinski definition) is 1. The summed E-state index contributed by atoms with van der Waals surface area (Å²) in [6.07, 6.45) is 9.72. The van der Waals surface area contributed by atoms with Crippen LogP contribution in [0.25, 0.3) is 6.08 Å². The Morgan fingerprint density at radius 2 is 2.16 bits per heavy atom. The van der Waals surface area contributed by atoms with Crippen LogP contribution < -0.4 is 9.47 Å². The average Bonchev–Trinajstić information content (AvgIpc) is 3.50. The van der Waals surface area contributed by atoms with Crippen molar-refractivity contribution in [1.29, 1.82) is 0 Å².